The predicted molar refractivity (Wildman–Crippen MR) is 76.1 cm³/mol. The van der Waals surface area contributed by atoms with Crippen LogP contribution in [-0.4, -0.2) is 28.8 Å². The summed E-state index contributed by atoms with van der Waals surface area (Å²) in [6, 6.07) is 1.63. The van der Waals surface area contributed by atoms with E-state index in [0.717, 1.165) is 31.6 Å². The topological polar surface area (TPSA) is 93.2 Å². The molecular formula is C13H21N5O2. The average molecular weight is 279 g/mol. The van der Waals surface area contributed by atoms with E-state index in [1.54, 1.807) is 12.3 Å². The molecule has 110 valence electrons. The van der Waals surface area contributed by atoms with E-state index in [1.807, 2.05) is 0 Å². The van der Waals surface area contributed by atoms with Crippen molar-refractivity contribution >= 4 is 11.6 Å². The number of amides is 1. The fraction of sp³-hybridized carbons (Fsp3) is 0.615. The Labute approximate surface area is 117 Å². The number of aromatic nitrogens is 2. The van der Waals surface area contributed by atoms with Gasteiger partial charge in [-0.3, -0.25) is 15.0 Å². The molecular weight excluding hydrogens is 258 g/mol. The van der Waals surface area contributed by atoms with E-state index < -0.39 is 0 Å². The summed E-state index contributed by atoms with van der Waals surface area (Å²) in [4.78, 5) is 25.2. The molecule has 0 radical (unpaired) electrons. The monoisotopic (exact) mass is 279 g/mol. The first-order chi connectivity index (χ1) is 9.70. The number of nitrogens with one attached hydrogen (secondary N) is 1. The van der Waals surface area contributed by atoms with Crippen LogP contribution in [0.3, 0.4) is 0 Å². The maximum Gasteiger partial charge on any atom is 0.268 e. The van der Waals surface area contributed by atoms with Gasteiger partial charge >= 0.3 is 0 Å². The molecule has 2 heterocycles. The molecule has 2 rings (SSSR count). The number of aryl methyl sites for hydroxylation is 1. The number of carbonyl (C=O) groups excluding carboxylic acids is 1. The molecule has 0 saturated carbocycles. The van der Waals surface area contributed by atoms with Crippen LogP contribution in [0.1, 0.15) is 32.1 Å². The van der Waals surface area contributed by atoms with Crippen molar-refractivity contribution in [3.8, 4) is 0 Å². The highest BCUT2D eigenvalue weighted by Gasteiger charge is 2.12. The number of piperidine rings is 1. The summed E-state index contributed by atoms with van der Waals surface area (Å²) < 4.78 is 1.39. The molecule has 0 bridgehead atoms. The fourth-order valence-corrected chi connectivity index (χ4v) is 2.38. The molecule has 1 aliphatic heterocycles. The standard InChI is InChI=1S/C13H21N5O2/c14-16-12(19)5-4-8-18-13(20)9-11(10-15-18)17-6-2-1-3-7-17/h9-10H,1-8,14H2,(H,16,19). The second kappa shape index (κ2) is 7.04. The quantitative estimate of drug-likeness (QED) is 0.450. The minimum absolute atomic E-state index is 0.124. The smallest absolute Gasteiger partial charge is 0.268 e. The third kappa shape index (κ3) is 3.80. The first kappa shape index (κ1) is 14.5. The summed E-state index contributed by atoms with van der Waals surface area (Å²) in [5.74, 6) is 4.76. The zero-order valence-electron chi connectivity index (χ0n) is 11.5. The molecule has 1 amide bonds. The number of rotatable bonds is 5. The highest BCUT2D eigenvalue weighted by atomic mass is 16.2. The Hall–Kier alpha value is -1.89. The average Bonchev–Trinajstić information content (AvgIpc) is 2.49. The molecule has 1 saturated heterocycles. The Balaban J connectivity index is 1.95. The van der Waals surface area contributed by atoms with Crippen molar-refractivity contribution in [3.63, 3.8) is 0 Å². The number of nitrogens with two attached hydrogens (primary N) is 1. The normalized spacial score (nSPS) is 15.2. The third-order valence-corrected chi connectivity index (χ3v) is 3.51. The maximum absolute atomic E-state index is 12.0. The maximum atomic E-state index is 12.0. The van der Waals surface area contributed by atoms with Crippen molar-refractivity contribution in [2.75, 3.05) is 18.0 Å². The van der Waals surface area contributed by atoms with Crippen LogP contribution in [0.15, 0.2) is 17.1 Å². The Kier molecular flexibility index (Phi) is 5.11. The van der Waals surface area contributed by atoms with Crippen molar-refractivity contribution in [2.24, 2.45) is 5.84 Å². The van der Waals surface area contributed by atoms with Gasteiger partial charge in [0.05, 0.1) is 11.9 Å². The molecule has 1 fully saturated rings. The van der Waals surface area contributed by atoms with E-state index in [0.29, 0.717) is 19.4 Å². The molecule has 0 aromatic carbocycles. The van der Waals surface area contributed by atoms with Crippen LogP contribution in [0.25, 0.3) is 0 Å². The number of hydrogen-bond donors (Lipinski definition) is 2. The van der Waals surface area contributed by atoms with Gasteiger partial charge in [0.1, 0.15) is 0 Å². The summed E-state index contributed by atoms with van der Waals surface area (Å²) in [5, 5.41) is 4.18. The predicted octanol–water partition coefficient (Wildman–Crippen LogP) is 0.00370. The van der Waals surface area contributed by atoms with Gasteiger partial charge in [0.15, 0.2) is 0 Å². The molecule has 1 aliphatic rings. The lowest BCUT2D eigenvalue weighted by Crippen LogP contribution is -2.32. The van der Waals surface area contributed by atoms with E-state index in [4.69, 9.17) is 5.84 Å². The Morgan fingerprint density at radius 2 is 2.10 bits per heavy atom. The highest BCUT2D eigenvalue weighted by Crippen LogP contribution is 2.16. The van der Waals surface area contributed by atoms with E-state index >= 15 is 0 Å². The minimum atomic E-state index is -0.233. The molecule has 0 aliphatic carbocycles. The van der Waals surface area contributed by atoms with Crippen LogP contribution in [0.4, 0.5) is 5.69 Å². The van der Waals surface area contributed by atoms with Crippen molar-refractivity contribution in [1.29, 1.82) is 0 Å². The summed E-state index contributed by atoms with van der Waals surface area (Å²) >= 11 is 0. The molecule has 20 heavy (non-hydrogen) atoms. The van der Waals surface area contributed by atoms with E-state index in [1.165, 1.54) is 11.1 Å². The van der Waals surface area contributed by atoms with E-state index in [-0.39, 0.29) is 11.5 Å². The Morgan fingerprint density at radius 3 is 2.75 bits per heavy atom. The van der Waals surface area contributed by atoms with Gasteiger partial charge in [-0.25, -0.2) is 10.5 Å². The molecule has 0 unspecified atom stereocenters. The van der Waals surface area contributed by atoms with Crippen LogP contribution in [0, 0.1) is 0 Å². The van der Waals surface area contributed by atoms with Gasteiger partial charge in [0.25, 0.3) is 5.56 Å². The van der Waals surface area contributed by atoms with Crippen LogP contribution in [0.2, 0.25) is 0 Å². The number of anilines is 1. The van der Waals surface area contributed by atoms with E-state index in [9.17, 15) is 9.59 Å². The van der Waals surface area contributed by atoms with Gasteiger partial charge in [0.2, 0.25) is 5.91 Å². The van der Waals surface area contributed by atoms with Gasteiger partial charge in [-0.1, -0.05) is 0 Å². The summed E-state index contributed by atoms with van der Waals surface area (Å²) in [5.41, 5.74) is 2.83. The lowest BCUT2D eigenvalue weighted by atomic mass is 10.1. The van der Waals surface area contributed by atoms with Gasteiger partial charge in [-0.2, -0.15) is 5.10 Å². The van der Waals surface area contributed by atoms with Crippen LogP contribution in [-0.2, 0) is 11.3 Å². The van der Waals surface area contributed by atoms with Crippen LogP contribution in [0.5, 0.6) is 0 Å². The lowest BCUT2D eigenvalue weighted by Gasteiger charge is -2.28. The fourth-order valence-electron chi connectivity index (χ4n) is 2.38. The molecule has 3 N–H and O–H groups in total. The largest absolute Gasteiger partial charge is 0.370 e. The second-order valence-corrected chi connectivity index (χ2v) is 4.99. The number of carbonyl (C=O) groups is 1. The number of hydrogen-bond acceptors (Lipinski definition) is 5. The van der Waals surface area contributed by atoms with Gasteiger partial charge in [0, 0.05) is 32.1 Å². The number of hydrazine groups is 1. The van der Waals surface area contributed by atoms with Crippen LogP contribution >= 0.6 is 0 Å². The lowest BCUT2D eigenvalue weighted by molar-refractivity contribution is -0.121. The Bertz CT molecular complexity index is 508. The molecule has 1 aromatic heterocycles. The second-order valence-electron chi connectivity index (χ2n) is 4.99. The van der Waals surface area contributed by atoms with E-state index in [2.05, 4.69) is 15.4 Å². The SMILES string of the molecule is NNC(=O)CCCn1ncc(N2CCCCC2)cc1=O. The molecule has 0 spiro atoms. The third-order valence-electron chi connectivity index (χ3n) is 3.51. The Morgan fingerprint density at radius 1 is 1.35 bits per heavy atom. The minimum Gasteiger partial charge on any atom is -0.370 e. The van der Waals surface area contributed by atoms with Crippen LogP contribution < -0.4 is 21.7 Å². The van der Waals surface area contributed by atoms with Crippen molar-refractivity contribution in [3.05, 3.63) is 22.6 Å². The first-order valence-electron chi connectivity index (χ1n) is 7.02. The zero-order valence-corrected chi connectivity index (χ0v) is 11.5. The van der Waals surface area contributed by atoms with Crippen molar-refractivity contribution < 1.29 is 4.79 Å². The van der Waals surface area contributed by atoms with Crippen molar-refractivity contribution in [2.45, 2.75) is 38.6 Å². The zero-order chi connectivity index (χ0) is 14.4. The van der Waals surface area contributed by atoms with Gasteiger partial charge in [-0.15, -0.1) is 0 Å². The number of nitrogens with zero attached hydrogens (tertiary/aromatic N) is 3. The molecule has 0 atom stereocenters. The summed E-state index contributed by atoms with van der Waals surface area (Å²) in [7, 11) is 0. The first-order valence-corrected chi connectivity index (χ1v) is 7.02. The van der Waals surface area contributed by atoms with Gasteiger partial charge in [-0.05, 0) is 25.7 Å². The molecule has 7 nitrogen and oxygen atoms in total. The summed E-state index contributed by atoms with van der Waals surface area (Å²) in [6.45, 7) is 2.40. The van der Waals surface area contributed by atoms with Crippen molar-refractivity contribution in [1.82, 2.24) is 15.2 Å². The summed E-state index contributed by atoms with van der Waals surface area (Å²) in [6.07, 6.45) is 6.14. The van der Waals surface area contributed by atoms with Gasteiger partial charge < -0.3 is 4.90 Å². The molecule has 7 heteroatoms. The highest BCUT2D eigenvalue weighted by molar-refractivity contribution is 5.75. The molecule has 1 aromatic rings.